The van der Waals surface area contributed by atoms with E-state index in [1.54, 1.807) is 24.3 Å². The monoisotopic (exact) mass is 304 g/mol. The normalized spacial score (nSPS) is 9.81. The van der Waals surface area contributed by atoms with Gasteiger partial charge >= 0.3 is 0 Å². The zero-order valence-corrected chi connectivity index (χ0v) is 12.0. The van der Waals surface area contributed by atoms with Gasteiger partial charge in [-0.3, -0.25) is 0 Å². The summed E-state index contributed by atoms with van der Waals surface area (Å²) >= 11 is 5.54. The molecule has 0 radical (unpaired) electrons. The van der Waals surface area contributed by atoms with Gasteiger partial charge in [-0.1, -0.05) is 24.0 Å². The molecule has 4 heteroatoms. The van der Waals surface area contributed by atoms with E-state index in [0.717, 1.165) is 5.56 Å². The first-order chi connectivity index (χ1) is 10.2. The van der Waals surface area contributed by atoms with Gasteiger partial charge in [-0.2, -0.15) is 0 Å². The molecular formula is C17H14ClFO2. The Balaban J connectivity index is 2.08. The maximum absolute atomic E-state index is 13.5. The number of hydrogen-bond donors (Lipinski definition) is 1. The van der Waals surface area contributed by atoms with Crippen LogP contribution in [0.15, 0.2) is 42.5 Å². The van der Waals surface area contributed by atoms with E-state index in [-0.39, 0.29) is 12.4 Å². The van der Waals surface area contributed by atoms with E-state index in [1.165, 1.54) is 12.1 Å². The van der Waals surface area contributed by atoms with Crippen LogP contribution < -0.4 is 4.74 Å². The van der Waals surface area contributed by atoms with E-state index in [2.05, 4.69) is 11.8 Å². The standard InChI is InChI=1S/C17H14ClFO2/c18-7-2-1-4-13-8-15(19)11-17(10-13)21-12-14-5-3-6-16(20)9-14/h3,5-6,8-11,20H,2,7,12H2. The molecule has 0 bridgehead atoms. The van der Waals surface area contributed by atoms with Crippen LogP contribution in [-0.2, 0) is 6.61 Å². The number of phenolic OH excluding ortho intramolecular Hbond substituents is 1. The highest BCUT2D eigenvalue weighted by Crippen LogP contribution is 2.18. The van der Waals surface area contributed by atoms with Gasteiger partial charge in [-0.15, -0.1) is 11.6 Å². The van der Waals surface area contributed by atoms with Gasteiger partial charge < -0.3 is 9.84 Å². The van der Waals surface area contributed by atoms with Crippen LogP contribution >= 0.6 is 11.6 Å². The van der Waals surface area contributed by atoms with Crippen LogP contribution in [-0.4, -0.2) is 11.0 Å². The maximum Gasteiger partial charge on any atom is 0.128 e. The van der Waals surface area contributed by atoms with Gasteiger partial charge in [0.2, 0.25) is 0 Å². The number of phenols is 1. The van der Waals surface area contributed by atoms with Crippen molar-refractivity contribution >= 4 is 11.6 Å². The predicted octanol–water partition coefficient (Wildman–Crippen LogP) is 4.09. The second-order valence-corrected chi connectivity index (χ2v) is 4.75. The fourth-order valence-electron chi connectivity index (χ4n) is 1.74. The minimum Gasteiger partial charge on any atom is -0.508 e. The molecule has 0 saturated carbocycles. The zero-order chi connectivity index (χ0) is 15.1. The van der Waals surface area contributed by atoms with Gasteiger partial charge in [-0.05, 0) is 29.8 Å². The highest BCUT2D eigenvalue weighted by atomic mass is 35.5. The molecule has 0 aliphatic carbocycles. The fraction of sp³-hybridized carbons (Fsp3) is 0.176. The molecule has 0 heterocycles. The second kappa shape index (κ2) is 7.56. The Morgan fingerprint density at radius 3 is 2.81 bits per heavy atom. The third-order valence-corrected chi connectivity index (χ3v) is 2.83. The predicted molar refractivity (Wildman–Crippen MR) is 81.1 cm³/mol. The summed E-state index contributed by atoms with van der Waals surface area (Å²) in [6.07, 6.45) is 0.553. The molecule has 0 aliphatic heterocycles. The molecule has 0 saturated heterocycles. The quantitative estimate of drug-likeness (QED) is 0.681. The number of aromatic hydroxyl groups is 1. The summed E-state index contributed by atoms with van der Waals surface area (Å²) in [7, 11) is 0. The molecule has 2 rings (SSSR count). The number of hydrogen-bond acceptors (Lipinski definition) is 2. The van der Waals surface area contributed by atoms with Crippen molar-refractivity contribution in [1.82, 2.24) is 0 Å². The summed E-state index contributed by atoms with van der Waals surface area (Å²) < 4.78 is 19.0. The Kier molecular flexibility index (Phi) is 5.48. The van der Waals surface area contributed by atoms with Crippen LogP contribution in [0.3, 0.4) is 0 Å². The molecule has 0 atom stereocenters. The fourth-order valence-corrected chi connectivity index (χ4v) is 1.84. The van der Waals surface area contributed by atoms with Crippen LogP contribution in [0.2, 0.25) is 0 Å². The molecule has 0 unspecified atom stereocenters. The average molecular weight is 305 g/mol. The summed E-state index contributed by atoms with van der Waals surface area (Å²) in [6.45, 7) is 0.242. The highest BCUT2D eigenvalue weighted by molar-refractivity contribution is 6.18. The number of ether oxygens (including phenoxy) is 1. The molecule has 0 amide bonds. The second-order valence-electron chi connectivity index (χ2n) is 4.37. The topological polar surface area (TPSA) is 29.5 Å². The largest absolute Gasteiger partial charge is 0.508 e. The molecule has 0 aromatic heterocycles. The molecule has 2 aromatic carbocycles. The van der Waals surface area contributed by atoms with E-state index in [1.807, 2.05) is 6.07 Å². The van der Waals surface area contributed by atoms with Gasteiger partial charge in [0.05, 0.1) is 0 Å². The zero-order valence-electron chi connectivity index (χ0n) is 11.3. The third kappa shape index (κ3) is 5.02. The molecule has 2 aromatic rings. The first-order valence-corrected chi connectivity index (χ1v) is 6.97. The summed E-state index contributed by atoms with van der Waals surface area (Å²) in [4.78, 5) is 0. The molecule has 2 nitrogen and oxygen atoms in total. The van der Waals surface area contributed by atoms with Crippen molar-refractivity contribution in [2.24, 2.45) is 0 Å². The lowest BCUT2D eigenvalue weighted by Crippen LogP contribution is -1.96. The van der Waals surface area contributed by atoms with Crippen molar-refractivity contribution in [3.63, 3.8) is 0 Å². The smallest absolute Gasteiger partial charge is 0.128 e. The summed E-state index contributed by atoms with van der Waals surface area (Å²) in [5, 5.41) is 9.37. The summed E-state index contributed by atoms with van der Waals surface area (Å²) in [6, 6.07) is 11.0. The lowest BCUT2D eigenvalue weighted by molar-refractivity contribution is 0.304. The molecule has 0 fully saturated rings. The molecule has 108 valence electrons. The lowest BCUT2D eigenvalue weighted by atomic mass is 10.2. The van der Waals surface area contributed by atoms with Gasteiger partial charge in [0.15, 0.2) is 0 Å². The molecule has 0 spiro atoms. The average Bonchev–Trinajstić information content (AvgIpc) is 2.45. The Morgan fingerprint density at radius 1 is 1.19 bits per heavy atom. The molecule has 1 N–H and O–H groups in total. The van der Waals surface area contributed by atoms with E-state index in [9.17, 15) is 9.50 Å². The van der Waals surface area contributed by atoms with Crippen molar-refractivity contribution < 1.29 is 14.2 Å². The van der Waals surface area contributed by atoms with Gasteiger partial charge in [0, 0.05) is 23.9 Å². The lowest BCUT2D eigenvalue weighted by Gasteiger charge is -2.07. The van der Waals surface area contributed by atoms with E-state index < -0.39 is 5.82 Å². The van der Waals surface area contributed by atoms with Crippen molar-refractivity contribution in [1.29, 1.82) is 0 Å². The molecule has 21 heavy (non-hydrogen) atoms. The minimum absolute atomic E-state index is 0.169. The third-order valence-electron chi connectivity index (χ3n) is 2.64. The summed E-state index contributed by atoms with van der Waals surface area (Å²) in [5.41, 5.74) is 1.35. The molecule has 0 aliphatic rings. The first-order valence-electron chi connectivity index (χ1n) is 6.43. The van der Waals surface area contributed by atoms with Crippen LogP contribution in [0.5, 0.6) is 11.5 Å². The summed E-state index contributed by atoms with van der Waals surface area (Å²) in [5.74, 6) is 6.30. The van der Waals surface area contributed by atoms with Gasteiger partial charge in [0.1, 0.15) is 23.9 Å². The van der Waals surface area contributed by atoms with Gasteiger partial charge in [0.25, 0.3) is 0 Å². The van der Waals surface area contributed by atoms with E-state index in [0.29, 0.717) is 23.6 Å². The van der Waals surface area contributed by atoms with E-state index in [4.69, 9.17) is 16.3 Å². The highest BCUT2D eigenvalue weighted by Gasteiger charge is 2.02. The number of halogens is 2. The number of benzene rings is 2. The van der Waals surface area contributed by atoms with Crippen molar-refractivity contribution in [3.8, 4) is 23.3 Å². The SMILES string of the molecule is Oc1cccc(COc2cc(F)cc(C#CCCCl)c2)c1. The van der Waals surface area contributed by atoms with Crippen LogP contribution in [0.1, 0.15) is 17.5 Å². The maximum atomic E-state index is 13.5. The van der Waals surface area contributed by atoms with Crippen LogP contribution in [0, 0.1) is 17.7 Å². The first kappa shape index (κ1) is 15.2. The van der Waals surface area contributed by atoms with Crippen molar-refractivity contribution in [2.75, 3.05) is 5.88 Å². The van der Waals surface area contributed by atoms with Crippen molar-refractivity contribution in [3.05, 3.63) is 59.4 Å². The Bertz CT molecular complexity index is 674. The van der Waals surface area contributed by atoms with Crippen LogP contribution in [0.25, 0.3) is 0 Å². The minimum atomic E-state index is -0.404. The Morgan fingerprint density at radius 2 is 2.05 bits per heavy atom. The Labute approximate surface area is 128 Å². The van der Waals surface area contributed by atoms with Gasteiger partial charge in [-0.25, -0.2) is 4.39 Å². The number of alkyl halides is 1. The van der Waals surface area contributed by atoms with Crippen LogP contribution in [0.4, 0.5) is 4.39 Å². The van der Waals surface area contributed by atoms with Crippen molar-refractivity contribution in [2.45, 2.75) is 13.0 Å². The Hall–Kier alpha value is -2.18. The molecular weight excluding hydrogens is 291 g/mol. The number of rotatable bonds is 4. The van der Waals surface area contributed by atoms with E-state index >= 15 is 0 Å².